The first kappa shape index (κ1) is 13.3. The molecule has 19 heavy (non-hydrogen) atoms. The Labute approximate surface area is 117 Å². The van der Waals surface area contributed by atoms with Crippen molar-refractivity contribution < 1.29 is 9.59 Å². The number of nitrogens with zero attached hydrogens (tertiary/aromatic N) is 3. The number of amides is 2. The van der Waals surface area contributed by atoms with Crippen molar-refractivity contribution in [1.29, 1.82) is 5.26 Å². The van der Waals surface area contributed by atoms with Gasteiger partial charge in [0.2, 0.25) is 11.8 Å². The SMILES string of the molecule is N#Cc1c(N2CC(C(N)=O)CC2=O)cc(N)nc1Br. The Balaban J connectivity index is 2.46. The second-order valence-electron chi connectivity index (χ2n) is 4.15. The van der Waals surface area contributed by atoms with Crippen molar-refractivity contribution in [1.82, 2.24) is 4.98 Å². The lowest BCUT2D eigenvalue weighted by Gasteiger charge is -2.18. The summed E-state index contributed by atoms with van der Waals surface area (Å²) in [6.07, 6.45) is 0.0417. The first-order valence-corrected chi connectivity index (χ1v) is 6.19. The van der Waals surface area contributed by atoms with Gasteiger partial charge in [0.25, 0.3) is 0 Å². The molecular formula is C11H10BrN5O2. The number of primary amides is 1. The van der Waals surface area contributed by atoms with Crippen molar-refractivity contribution in [2.75, 3.05) is 17.2 Å². The summed E-state index contributed by atoms with van der Waals surface area (Å²) in [5.74, 6) is -1.17. The largest absolute Gasteiger partial charge is 0.384 e. The van der Waals surface area contributed by atoms with E-state index in [1.165, 1.54) is 11.0 Å². The smallest absolute Gasteiger partial charge is 0.227 e. The standard InChI is InChI=1S/C11H10BrN5O2/c12-10-6(3-13)7(2-8(14)16-10)17-4-5(11(15)19)1-9(17)18/h2,5H,1,4H2,(H2,14,16)(H2,15,19). The van der Waals surface area contributed by atoms with Crippen LogP contribution in [0.2, 0.25) is 0 Å². The van der Waals surface area contributed by atoms with Crippen LogP contribution in [0.1, 0.15) is 12.0 Å². The van der Waals surface area contributed by atoms with E-state index in [1.54, 1.807) is 0 Å². The molecule has 1 atom stereocenters. The topological polar surface area (TPSA) is 126 Å². The van der Waals surface area contributed by atoms with E-state index in [2.05, 4.69) is 20.9 Å². The number of rotatable bonds is 2. The second-order valence-corrected chi connectivity index (χ2v) is 4.90. The van der Waals surface area contributed by atoms with E-state index in [0.717, 1.165) is 0 Å². The molecule has 1 saturated heterocycles. The zero-order valence-corrected chi connectivity index (χ0v) is 11.3. The summed E-state index contributed by atoms with van der Waals surface area (Å²) >= 11 is 3.13. The van der Waals surface area contributed by atoms with Crippen LogP contribution >= 0.6 is 15.9 Å². The molecule has 4 N–H and O–H groups in total. The molecule has 0 spiro atoms. The fourth-order valence-corrected chi connectivity index (χ4v) is 2.46. The molecule has 98 valence electrons. The second kappa shape index (κ2) is 4.85. The summed E-state index contributed by atoms with van der Waals surface area (Å²) < 4.78 is 0.264. The van der Waals surface area contributed by atoms with Crippen LogP contribution in [0.3, 0.4) is 0 Å². The van der Waals surface area contributed by atoms with E-state index in [-0.39, 0.29) is 34.9 Å². The van der Waals surface area contributed by atoms with Gasteiger partial charge in [0.15, 0.2) is 0 Å². The molecule has 7 nitrogen and oxygen atoms in total. The van der Waals surface area contributed by atoms with Gasteiger partial charge in [-0.1, -0.05) is 0 Å². The molecule has 8 heteroatoms. The van der Waals surface area contributed by atoms with Crippen LogP contribution in [0.4, 0.5) is 11.5 Å². The summed E-state index contributed by atoms with van der Waals surface area (Å²) in [4.78, 5) is 28.3. The van der Waals surface area contributed by atoms with Crippen molar-refractivity contribution in [3.05, 3.63) is 16.2 Å². The highest BCUT2D eigenvalue weighted by molar-refractivity contribution is 9.10. The van der Waals surface area contributed by atoms with Crippen molar-refractivity contribution in [2.24, 2.45) is 11.7 Å². The number of nitrogen functional groups attached to an aromatic ring is 1. The maximum Gasteiger partial charge on any atom is 0.227 e. The van der Waals surface area contributed by atoms with Gasteiger partial charge in [-0.05, 0) is 15.9 Å². The number of carbonyl (C=O) groups is 2. The first-order valence-electron chi connectivity index (χ1n) is 5.39. The number of nitrogens with two attached hydrogens (primary N) is 2. The number of pyridine rings is 1. The van der Waals surface area contributed by atoms with Gasteiger partial charge in [-0.3, -0.25) is 9.59 Å². The molecule has 0 radical (unpaired) electrons. The van der Waals surface area contributed by atoms with Crippen molar-refractivity contribution in [3.63, 3.8) is 0 Å². The van der Waals surface area contributed by atoms with Crippen LogP contribution < -0.4 is 16.4 Å². The summed E-state index contributed by atoms with van der Waals surface area (Å²) in [7, 11) is 0. The summed E-state index contributed by atoms with van der Waals surface area (Å²) in [6.45, 7) is 0.152. The lowest BCUT2D eigenvalue weighted by molar-refractivity contribution is -0.123. The lowest BCUT2D eigenvalue weighted by atomic mass is 10.1. The van der Waals surface area contributed by atoms with E-state index in [1.807, 2.05) is 6.07 Å². The zero-order valence-electron chi connectivity index (χ0n) is 9.76. The van der Waals surface area contributed by atoms with E-state index in [0.29, 0.717) is 5.69 Å². The normalized spacial score (nSPS) is 18.4. The molecule has 1 aromatic heterocycles. The van der Waals surface area contributed by atoms with Crippen LogP contribution in [0, 0.1) is 17.2 Å². The minimum Gasteiger partial charge on any atom is -0.384 e. The van der Waals surface area contributed by atoms with Gasteiger partial charge in [-0.2, -0.15) is 5.26 Å². The third-order valence-corrected chi connectivity index (χ3v) is 3.48. The minimum atomic E-state index is -0.549. The quantitative estimate of drug-likeness (QED) is 0.748. The van der Waals surface area contributed by atoms with E-state index >= 15 is 0 Å². The highest BCUT2D eigenvalue weighted by Crippen LogP contribution is 2.32. The van der Waals surface area contributed by atoms with Crippen LogP contribution in [-0.4, -0.2) is 23.3 Å². The molecule has 2 heterocycles. The van der Waals surface area contributed by atoms with Crippen LogP contribution in [0.15, 0.2) is 10.7 Å². The van der Waals surface area contributed by atoms with Gasteiger partial charge in [0.05, 0.1) is 11.6 Å². The molecule has 0 saturated carbocycles. The predicted molar refractivity (Wildman–Crippen MR) is 70.7 cm³/mol. The Morgan fingerprint density at radius 1 is 1.63 bits per heavy atom. The molecule has 2 rings (SSSR count). The zero-order chi connectivity index (χ0) is 14.2. The van der Waals surface area contributed by atoms with Crippen molar-refractivity contribution in [2.45, 2.75) is 6.42 Å². The van der Waals surface area contributed by atoms with Crippen molar-refractivity contribution in [3.8, 4) is 6.07 Å². The fraction of sp³-hybridized carbons (Fsp3) is 0.273. The Morgan fingerprint density at radius 3 is 2.84 bits per heavy atom. The highest BCUT2D eigenvalue weighted by atomic mass is 79.9. The van der Waals surface area contributed by atoms with Crippen LogP contribution in [0.25, 0.3) is 0 Å². The molecule has 1 aliphatic heterocycles. The molecular weight excluding hydrogens is 314 g/mol. The van der Waals surface area contributed by atoms with E-state index in [4.69, 9.17) is 16.7 Å². The van der Waals surface area contributed by atoms with E-state index in [9.17, 15) is 9.59 Å². The summed E-state index contributed by atoms with van der Waals surface area (Å²) in [5.41, 5.74) is 11.4. The molecule has 1 aromatic rings. The summed E-state index contributed by atoms with van der Waals surface area (Å²) in [6, 6.07) is 3.39. The lowest BCUT2D eigenvalue weighted by Crippen LogP contribution is -2.29. The number of aromatic nitrogens is 1. The van der Waals surface area contributed by atoms with Gasteiger partial charge in [0.1, 0.15) is 22.1 Å². The number of hydrogen-bond donors (Lipinski definition) is 2. The van der Waals surface area contributed by atoms with Crippen molar-refractivity contribution >= 4 is 39.2 Å². The first-order chi connectivity index (χ1) is 8.93. The van der Waals surface area contributed by atoms with Crippen LogP contribution in [0.5, 0.6) is 0 Å². The Hall–Kier alpha value is -2.14. The molecule has 0 bridgehead atoms. The molecule has 1 fully saturated rings. The van der Waals surface area contributed by atoms with Gasteiger partial charge < -0.3 is 16.4 Å². The molecule has 2 amide bonds. The minimum absolute atomic E-state index is 0.0417. The number of nitriles is 1. The maximum absolute atomic E-state index is 11.9. The number of halogens is 1. The monoisotopic (exact) mass is 323 g/mol. The third-order valence-electron chi connectivity index (χ3n) is 2.90. The Bertz CT molecular complexity index is 610. The Kier molecular flexibility index (Phi) is 3.40. The average Bonchev–Trinajstić information content (AvgIpc) is 2.70. The molecule has 0 aliphatic carbocycles. The Morgan fingerprint density at radius 2 is 2.32 bits per heavy atom. The maximum atomic E-state index is 11.9. The van der Waals surface area contributed by atoms with Crippen LogP contribution in [-0.2, 0) is 9.59 Å². The predicted octanol–water partition coefficient (Wildman–Crippen LogP) is 0.136. The molecule has 1 unspecified atom stereocenters. The van der Waals surface area contributed by atoms with E-state index < -0.39 is 11.8 Å². The fourth-order valence-electron chi connectivity index (χ4n) is 1.97. The number of carbonyl (C=O) groups excluding carboxylic acids is 2. The third kappa shape index (κ3) is 2.37. The van der Waals surface area contributed by atoms with Gasteiger partial charge in [-0.15, -0.1) is 0 Å². The summed E-state index contributed by atoms with van der Waals surface area (Å²) in [5, 5.41) is 9.12. The number of hydrogen-bond acceptors (Lipinski definition) is 5. The molecule has 1 aliphatic rings. The van der Waals surface area contributed by atoms with Gasteiger partial charge in [-0.25, -0.2) is 4.98 Å². The highest BCUT2D eigenvalue weighted by Gasteiger charge is 2.35. The van der Waals surface area contributed by atoms with Gasteiger partial charge >= 0.3 is 0 Å². The van der Waals surface area contributed by atoms with Gasteiger partial charge in [0, 0.05) is 19.0 Å². The molecule has 0 aromatic carbocycles. The number of anilines is 2. The average molecular weight is 324 g/mol.